The molecule has 2 heterocycles. The zero-order valence-corrected chi connectivity index (χ0v) is 15.5. The van der Waals surface area contributed by atoms with Crippen molar-refractivity contribution in [1.29, 1.82) is 0 Å². The summed E-state index contributed by atoms with van der Waals surface area (Å²) in [6.07, 6.45) is 0.192. The van der Waals surface area contributed by atoms with E-state index >= 15 is 0 Å². The number of rotatable bonds is 3. The maximum atomic E-state index is 12.8. The molecule has 3 rings (SSSR count). The number of piperazine rings is 1. The first-order valence-corrected chi connectivity index (χ1v) is 8.76. The summed E-state index contributed by atoms with van der Waals surface area (Å²) in [5.41, 5.74) is 8.13. The molecule has 3 N–H and O–H groups in total. The second kappa shape index (κ2) is 6.99. The van der Waals surface area contributed by atoms with Gasteiger partial charge in [0.2, 0.25) is 17.7 Å². The number of benzene rings is 1. The fourth-order valence-electron chi connectivity index (χ4n) is 3.48. The first-order chi connectivity index (χ1) is 12.3. The van der Waals surface area contributed by atoms with Gasteiger partial charge in [0, 0.05) is 41.6 Å². The Bertz CT molecular complexity index is 892. The third-order valence-corrected chi connectivity index (χ3v) is 5.11. The molecular formula is C18H21ClN4O3. The molecular weight excluding hydrogens is 356 g/mol. The number of fused-ring (bicyclic) bond motifs is 1. The first-order valence-electron chi connectivity index (χ1n) is 8.39. The van der Waals surface area contributed by atoms with Gasteiger partial charge in [-0.3, -0.25) is 14.4 Å². The number of carbonyl (C=O) groups excluding carboxylic acids is 3. The predicted molar refractivity (Wildman–Crippen MR) is 98.7 cm³/mol. The van der Waals surface area contributed by atoms with Crippen LogP contribution in [-0.2, 0) is 20.8 Å². The number of aryl methyl sites for hydroxylation is 1. The zero-order chi connectivity index (χ0) is 19.0. The van der Waals surface area contributed by atoms with E-state index in [9.17, 15) is 14.4 Å². The maximum Gasteiger partial charge on any atom is 0.242 e. The normalized spacial score (nSPS) is 17.6. The Morgan fingerprint density at radius 3 is 2.69 bits per heavy atom. The highest BCUT2D eigenvalue weighted by atomic mass is 35.5. The molecule has 2 aromatic rings. The van der Waals surface area contributed by atoms with E-state index in [1.165, 1.54) is 11.8 Å². The van der Waals surface area contributed by atoms with Gasteiger partial charge in [0.15, 0.2) is 0 Å². The van der Waals surface area contributed by atoms with Crippen molar-refractivity contribution in [3.05, 3.63) is 34.5 Å². The van der Waals surface area contributed by atoms with Crippen LogP contribution in [0.2, 0.25) is 5.02 Å². The van der Waals surface area contributed by atoms with Crippen LogP contribution in [-0.4, -0.2) is 58.2 Å². The van der Waals surface area contributed by atoms with Crippen molar-refractivity contribution < 1.29 is 14.4 Å². The van der Waals surface area contributed by atoms with Gasteiger partial charge in [-0.15, -0.1) is 0 Å². The monoisotopic (exact) mass is 376 g/mol. The van der Waals surface area contributed by atoms with Crippen molar-refractivity contribution in [2.75, 3.05) is 19.6 Å². The molecule has 0 saturated carbocycles. The van der Waals surface area contributed by atoms with Crippen LogP contribution in [0.15, 0.2) is 18.2 Å². The molecule has 0 bridgehead atoms. The third-order valence-electron chi connectivity index (χ3n) is 4.88. The summed E-state index contributed by atoms with van der Waals surface area (Å²) in [6.45, 7) is 4.11. The second-order valence-electron chi connectivity index (χ2n) is 6.57. The van der Waals surface area contributed by atoms with E-state index < -0.39 is 11.9 Å². The predicted octanol–water partition coefficient (Wildman–Crippen LogP) is 1.22. The van der Waals surface area contributed by atoms with Gasteiger partial charge in [-0.2, -0.15) is 0 Å². The van der Waals surface area contributed by atoms with Crippen LogP contribution in [0.5, 0.6) is 0 Å². The number of nitrogens with zero attached hydrogens (tertiary/aromatic N) is 2. The summed E-state index contributed by atoms with van der Waals surface area (Å²) < 4.78 is 0. The molecule has 0 radical (unpaired) electrons. The van der Waals surface area contributed by atoms with Crippen molar-refractivity contribution >= 4 is 40.2 Å². The summed E-state index contributed by atoms with van der Waals surface area (Å²) in [6, 6.07) is 4.73. The van der Waals surface area contributed by atoms with E-state index in [0.29, 0.717) is 18.1 Å². The number of halogens is 1. The van der Waals surface area contributed by atoms with Gasteiger partial charge < -0.3 is 20.5 Å². The van der Waals surface area contributed by atoms with E-state index in [-0.39, 0.29) is 24.8 Å². The lowest BCUT2D eigenvalue weighted by molar-refractivity contribution is -0.146. The number of H-pyrrole nitrogens is 1. The van der Waals surface area contributed by atoms with Gasteiger partial charge in [0.25, 0.3) is 0 Å². The molecule has 3 amide bonds. The zero-order valence-electron chi connectivity index (χ0n) is 14.7. The second-order valence-corrected chi connectivity index (χ2v) is 7.00. The Hall–Kier alpha value is -2.54. The van der Waals surface area contributed by atoms with Gasteiger partial charge >= 0.3 is 0 Å². The van der Waals surface area contributed by atoms with E-state index in [1.807, 2.05) is 19.1 Å². The average molecular weight is 377 g/mol. The molecule has 1 aromatic heterocycles. The smallest absolute Gasteiger partial charge is 0.242 e. The molecule has 0 aliphatic carbocycles. The number of amides is 3. The third kappa shape index (κ3) is 3.39. The molecule has 138 valence electrons. The standard InChI is InChI=1S/C18H21ClN4O3/c1-10-13(14-7-12(19)3-4-15(14)21-10)8-17(25)22-5-6-23(11(2)24)16(9-22)18(20)26/h3-4,7,16,21H,5-6,8-9H2,1-2H3,(H2,20,26)/t16-/m1/s1. The van der Waals surface area contributed by atoms with Crippen LogP contribution in [0.3, 0.4) is 0 Å². The fourth-order valence-corrected chi connectivity index (χ4v) is 3.65. The SMILES string of the molecule is CC(=O)N1CCN(C(=O)Cc2c(C)[nH]c3ccc(Cl)cc23)C[C@@H]1C(N)=O. The summed E-state index contributed by atoms with van der Waals surface area (Å²) in [5, 5.41) is 1.52. The minimum absolute atomic E-state index is 0.108. The van der Waals surface area contributed by atoms with Crippen LogP contribution in [0, 0.1) is 6.92 Å². The number of primary amides is 1. The topological polar surface area (TPSA) is 99.5 Å². The molecule has 1 aliphatic heterocycles. The van der Waals surface area contributed by atoms with Gasteiger partial charge in [-0.25, -0.2) is 0 Å². The molecule has 0 spiro atoms. The molecule has 1 aliphatic rings. The fraction of sp³-hybridized carbons (Fsp3) is 0.389. The highest BCUT2D eigenvalue weighted by Crippen LogP contribution is 2.26. The number of carbonyl (C=O) groups is 3. The van der Waals surface area contributed by atoms with Crippen molar-refractivity contribution in [1.82, 2.24) is 14.8 Å². The van der Waals surface area contributed by atoms with Crippen LogP contribution >= 0.6 is 11.6 Å². The summed E-state index contributed by atoms with van der Waals surface area (Å²) in [5.74, 6) is -0.931. The Morgan fingerprint density at radius 2 is 2.04 bits per heavy atom. The van der Waals surface area contributed by atoms with Crippen molar-refractivity contribution in [3.8, 4) is 0 Å². The molecule has 0 unspecified atom stereocenters. The molecule has 1 fully saturated rings. The first kappa shape index (κ1) is 18.3. The number of nitrogens with one attached hydrogen (secondary N) is 1. The number of hydrogen-bond donors (Lipinski definition) is 2. The van der Waals surface area contributed by atoms with Crippen LogP contribution in [0.1, 0.15) is 18.2 Å². The molecule has 26 heavy (non-hydrogen) atoms. The Morgan fingerprint density at radius 1 is 1.31 bits per heavy atom. The van der Waals surface area contributed by atoms with Crippen molar-refractivity contribution in [3.63, 3.8) is 0 Å². The number of aromatic amines is 1. The van der Waals surface area contributed by atoms with Crippen molar-refractivity contribution in [2.45, 2.75) is 26.3 Å². The minimum atomic E-state index is -0.788. The number of nitrogens with two attached hydrogens (primary N) is 1. The van der Waals surface area contributed by atoms with E-state index in [0.717, 1.165) is 22.2 Å². The van der Waals surface area contributed by atoms with Crippen molar-refractivity contribution in [2.24, 2.45) is 5.73 Å². The van der Waals surface area contributed by atoms with Gasteiger partial charge in [0.05, 0.1) is 13.0 Å². The highest BCUT2D eigenvalue weighted by Gasteiger charge is 2.34. The van der Waals surface area contributed by atoms with Crippen LogP contribution in [0.4, 0.5) is 0 Å². The van der Waals surface area contributed by atoms with Gasteiger partial charge in [-0.05, 0) is 30.7 Å². The van der Waals surface area contributed by atoms with E-state index in [2.05, 4.69) is 4.98 Å². The summed E-state index contributed by atoms with van der Waals surface area (Å²) >= 11 is 6.09. The van der Waals surface area contributed by atoms with E-state index in [1.54, 1.807) is 11.0 Å². The highest BCUT2D eigenvalue weighted by molar-refractivity contribution is 6.31. The largest absolute Gasteiger partial charge is 0.368 e. The lowest BCUT2D eigenvalue weighted by Gasteiger charge is -2.39. The van der Waals surface area contributed by atoms with Gasteiger partial charge in [-0.1, -0.05) is 11.6 Å². The Labute approximate surface area is 156 Å². The average Bonchev–Trinajstić information content (AvgIpc) is 2.89. The van der Waals surface area contributed by atoms with Gasteiger partial charge in [0.1, 0.15) is 6.04 Å². The van der Waals surface area contributed by atoms with Crippen LogP contribution in [0.25, 0.3) is 10.9 Å². The quantitative estimate of drug-likeness (QED) is 0.842. The molecule has 8 heteroatoms. The van der Waals surface area contributed by atoms with E-state index in [4.69, 9.17) is 17.3 Å². The number of hydrogen-bond acceptors (Lipinski definition) is 3. The van der Waals surface area contributed by atoms with Crippen LogP contribution < -0.4 is 5.73 Å². The summed E-state index contributed by atoms with van der Waals surface area (Å²) in [4.78, 5) is 42.4. The molecule has 1 saturated heterocycles. The number of aromatic nitrogens is 1. The maximum absolute atomic E-state index is 12.8. The summed E-state index contributed by atoms with van der Waals surface area (Å²) in [7, 11) is 0. The lowest BCUT2D eigenvalue weighted by Crippen LogP contribution is -2.60. The Balaban J connectivity index is 1.81. The molecule has 7 nitrogen and oxygen atoms in total. The molecule has 1 aromatic carbocycles. The lowest BCUT2D eigenvalue weighted by atomic mass is 10.1. The molecule has 1 atom stereocenters. The Kier molecular flexibility index (Phi) is 4.91. The minimum Gasteiger partial charge on any atom is -0.368 e.